The molecule has 0 amide bonds. The number of benzene rings is 2. The van der Waals surface area contributed by atoms with Crippen molar-refractivity contribution in [2.75, 3.05) is 6.61 Å². The lowest BCUT2D eigenvalue weighted by Gasteiger charge is -2.54. The quantitative estimate of drug-likeness (QED) is 0.468. The van der Waals surface area contributed by atoms with Crippen molar-refractivity contribution in [3.05, 3.63) is 71.3 Å². The molecule has 1 unspecified atom stereocenters. The largest absolute Gasteiger partial charge is 0.378 e. The van der Waals surface area contributed by atoms with E-state index in [-0.39, 0.29) is 16.6 Å². The van der Waals surface area contributed by atoms with Crippen molar-refractivity contribution in [1.82, 2.24) is 0 Å². The van der Waals surface area contributed by atoms with Gasteiger partial charge in [-0.2, -0.15) is 0 Å². The molecule has 2 aliphatic heterocycles. The van der Waals surface area contributed by atoms with Gasteiger partial charge in [0.15, 0.2) is 0 Å². The average molecular weight is 455 g/mol. The second-order valence-electron chi connectivity index (χ2n) is 12.0. The van der Waals surface area contributed by atoms with Gasteiger partial charge in [-0.05, 0) is 96.1 Å². The Labute approximate surface area is 204 Å². The molecule has 0 radical (unpaired) electrons. The maximum absolute atomic E-state index is 7.41. The normalized spacial score (nSPS) is 40.4. The summed E-state index contributed by atoms with van der Waals surface area (Å²) in [5.74, 6) is 1.21. The van der Waals surface area contributed by atoms with Crippen LogP contribution >= 0.6 is 0 Å². The van der Waals surface area contributed by atoms with Crippen molar-refractivity contribution in [1.29, 1.82) is 0 Å². The van der Waals surface area contributed by atoms with Crippen LogP contribution in [0.5, 0.6) is 0 Å². The van der Waals surface area contributed by atoms with Crippen LogP contribution in [0.25, 0.3) is 10.8 Å². The van der Waals surface area contributed by atoms with Gasteiger partial charge in [-0.15, -0.1) is 0 Å². The highest BCUT2D eigenvalue weighted by molar-refractivity contribution is 5.83. The molecule has 2 bridgehead atoms. The number of fused-ring (bicyclic) bond motifs is 2. The highest BCUT2D eigenvalue weighted by Gasteiger charge is 2.66. The first-order chi connectivity index (χ1) is 16.6. The fraction of sp³-hybridized carbons (Fsp3) is 0.562. The maximum Gasteiger partial charge on any atom is 0.0974 e. The second kappa shape index (κ2) is 7.55. The Morgan fingerprint density at radius 1 is 1.03 bits per heavy atom. The van der Waals surface area contributed by atoms with Crippen LogP contribution in [0, 0.1) is 11.3 Å². The van der Waals surface area contributed by atoms with Crippen molar-refractivity contribution >= 4 is 10.8 Å². The van der Waals surface area contributed by atoms with Gasteiger partial charge in [-0.1, -0.05) is 68.5 Å². The number of ether oxygens (including phenoxy) is 2. The predicted octanol–water partition coefficient (Wildman–Crippen LogP) is 7.88. The number of rotatable bonds is 4. The topological polar surface area (TPSA) is 18.5 Å². The van der Waals surface area contributed by atoms with Crippen molar-refractivity contribution in [2.24, 2.45) is 11.3 Å². The first-order valence-corrected chi connectivity index (χ1v) is 13.8. The minimum Gasteiger partial charge on any atom is -0.378 e. The van der Waals surface area contributed by atoms with Gasteiger partial charge in [-0.25, -0.2) is 0 Å². The van der Waals surface area contributed by atoms with Crippen LogP contribution in [0.3, 0.4) is 0 Å². The van der Waals surface area contributed by atoms with Gasteiger partial charge in [0.25, 0.3) is 0 Å². The van der Waals surface area contributed by atoms with Gasteiger partial charge in [0.1, 0.15) is 0 Å². The van der Waals surface area contributed by atoms with Crippen LogP contribution in [0.1, 0.15) is 83.1 Å². The number of hydrogen-bond acceptors (Lipinski definition) is 2. The molecule has 1 saturated heterocycles. The molecule has 2 aromatic carbocycles. The summed E-state index contributed by atoms with van der Waals surface area (Å²) in [6.07, 6.45) is 16.1. The van der Waals surface area contributed by atoms with E-state index in [2.05, 4.69) is 68.5 Å². The molecule has 2 heteroatoms. The molecule has 3 aliphatic carbocycles. The zero-order valence-electron chi connectivity index (χ0n) is 20.8. The Hall–Kier alpha value is -1.90. The monoisotopic (exact) mass is 454 g/mol. The molecular weight excluding hydrogens is 416 g/mol. The summed E-state index contributed by atoms with van der Waals surface area (Å²) in [5, 5.41) is 2.72. The molecule has 34 heavy (non-hydrogen) atoms. The molecule has 2 heterocycles. The molecule has 3 fully saturated rings. The van der Waals surface area contributed by atoms with E-state index in [0.717, 1.165) is 32.3 Å². The smallest absolute Gasteiger partial charge is 0.0974 e. The predicted molar refractivity (Wildman–Crippen MR) is 138 cm³/mol. The van der Waals surface area contributed by atoms with E-state index in [1.165, 1.54) is 54.0 Å². The van der Waals surface area contributed by atoms with Crippen LogP contribution < -0.4 is 0 Å². The molecule has 2 nitrogen and oxygen atoms in total. The van der Waals surface area contributed by atoms with E-state index in [4.69, 9.17) is 9.47 Å². The Morgan fingerprint density at radius 2 is 1.91 bits per heavy atom. The fourth-order valence-corrected chi connectivity index (χ4v) is 8.76. The summed E-state index contributed by atoms with van der Waals surface area (Å²) in [7, 11) is 0. The third-order valence-electron chi connectivity index (χ3n) is 10.4. The van der Waals surface area contributed by atoms with E-state index in [1.807, 2.05) is 0 Å². The summed E-state index contributed by atoms with van der Waals surface area (Å²) < 4.78 is 13.7. The molecule has 7 rings (SSSR count). The summed E-state index contributed by atoms with van der Waals surface area (Å²) in [6.45, 7) is 5.67. The summed E-state index contributed by atoms with van der Waals surface area (Å²) in [5.41, 5.74) is 4.74. The lowest BCUT2D eigenvalue weighted by atomic mass is 9.58. The van der Waals surface area contributed by atoms with Crippen molar-refractivity contribution in [3.63, 3.8) is 0 Å². The van der Waals surface area contributed by atoms with Crippen LogP contribution in [0.15, 0.2) is 65.8 Å². The molecule has 2 saturated carbocycles. The zero-order valence-corrected chi connectivity index (χ0v) is 20.8. The van der Waals surface area contributed by atoms with Gasteiger partial charge in [-0.3, -0.25) is 0 Å². The summed E-state index contributed by atoms with van der Waals surface area (Å²) in [4.78, 5) is 0. The fourth-order valence-electron chi connectivity index (χ4n) is 8.76. The standard InChI is InChI=1S/C32H38O2/c1-3-18-33-27-11-10-25-20-26-14-15-30(2)28(24-9-8-22-6-4-5-7-23(22)19-24)12-13-29(30)32(26)17-16-31(25,21-27)34-32/h4-9,14,19-20,27-29H,3,10-13,15-18,21H2,1-2H3/t27-,28+,29+,30+,31?,32+/m0/s1. The van der Waals surface area contributed by atoms with Crippen LogP contribution in [0.4, 0.5) is 0 Å². The first-order valence-electron chi connectivity index (χ1n) is 13.8. The average Bonchev–Trinajstić information content (AvgIpc) is 3.37. The minimum absolute atomic E-state index is 0.0622. The van der Waals surface area contributed by atoms with Gasteiger partial charge < -0.3 is 9.47 Å². The summed E-state index contributed by atoms with van der Waals surface area (Å²) in [6, 6.07) is 16.0. The van der Waals surface area contributed by atoms with Gasteiger partial charge in [0.2, 0.25) is 0 Å². The summed E-state index contributed by atoms with van der Waals surface area (Å²) >= 11 is 0. The van der Waals surface area contributed by atoms with Gasteiger partial charge in [0.05, 0.1) is 17.3 Å². The second-order valence-corrected chi connectivity index (χ2v) is 12.0. The third-order valence-corrected chi connectivity index (χ3v) is 10.4. The number of hydrogen-bond donors (Lipinski definition) is 0. The highest BCUT2D eigenvalue weighted by Crippen LogP contribution is 2.69. The molecule has 2 aromatic rings. The van der Waals surface area contributed by atoms with Crippen LogP contribution in [-0.4, -0.2) is 23.9 Å². The molecule has 0 N–H and O–H groups in total. The molecular formula is C32H38O2. The third kappa shape index (κ3) is 2.88. The van der Waals surface area contributed by atoms with Crippen molar-refractivity contribution in [2.45, 2.75) is 94.9 Å². The molecule has 178 valence electrons. The molecule has 2 spiro atoms. The Morgan fingerprint density at radius 3 is 2.79 bits per heavy atom. The van der Waals surface area contributed by atoms with Crippen molar-refractivity contribution < 1.29 is 9.47 Å². The van der Waals surface area contributed by atoms with E-state index in [0.29, 0.717) is 17.9 Å². The lowest BCUT2D eigenvalue weighted by molar-refractivity contribution is -0.149. The SMILES string of the molecule is CCCO[C@H]1CCC2=CC3=CC[C@]4(C)[C@@H](c5ccc6ccccc6c5)CC[C@H]4[C@@]34CCC2(C1)O4. The highest BCUT2D eigenvalue weighted by atomic mass is 16.5. The van der Waals surface area contributed by atoms with E-state index in [1.54, 1.807) is 5.57 Å². The van der Waals surface area contributed by atoms with Gasteiger partial charge in [0, 0.05) is 13.0 Å². The number of allylic oxidation sites excluding steroid dienone is 1. The zero-order chi connectivity index (χ0) is 23.0. The van der Waals surface area contributed by atoms with Gasteiger partial charge >= 0.3 is 0 Å². The lowest BCUT2D eigenvalue weighted by Crippen LogP contribution is -2.54. The Bertz CT molecular complexity index is 1190. The van der Waals surface area contributed by atoms with Crippen molar-refractivity contribution in [3.8, 4) is 0 Å². The van der Waals surface area contributed by atoms with E-state index < -0.39 is 0 Å². The Kier molecular flexibility index (Phi) is 4.75. The van der Waals surface area contributed by atoms with Crippen LogP contribution in [0.2, 0.25) is 0 Å². The Balaban J connectivity index is 1.24. The molecule has 6 atom stereocenters. The van der Waals surface area contributed by atoms with Crippen LogP contribution in [-0.2, 0) is 9.47 Å². The molecule has 5 aliphatic rings. The minimum atomic E-state index is -0.0747. The first kappa shape index (κ1) is 21.4. The van der Waals surface area contributed by atoms with E-state index >= 15 is 0 Å². The van der Waals surface area contributed by atoms with E-state index in [9.17, 15) is 0 Å². The molecule has 0 aromatic heterocycles. The maximum atomic E-state index is 7.41.